The number of hydrogen-bond acceptors (Lipinski definition) is 1. The average Bonchev–Trinajstić information content (AvgIpc) is 2.40. The lowest BCUT2D eigenvalue weighted by Crippen LogP contribution is -2.31. The van der Waals surface area contributed by atoms with Crippen molar-refractivity contribution >= 4 is 5.69 Å². The standard InChI is InChI=1S/C15H20FN/c16-14-8-4-7-12-9-13(10-17-15(12)14)11-5-2-1-3-6-11/h4,7-8,11,13,17H,1-3,5-6,9-10H2. The second-order valence-electron chi connectivity index (χ2n) is 5.52. The van der Waals surface area contributed by atoms with Crippen molar-refractivity contribution in [3.63, 3.8) is 0 Å². The Kier molecular flexibility index (Phi) is 3.04. The van der Waals surface area contributed by atoms with Crippen LogP contribution in [0.2, 0.25) is 0 Å². The highest BCUT2D eigenvalue weighted by Gasteiger charge is 2.28. The number of fused-ring (bicyclic) bond motifs is 1. The van der Waals surface area contributed by atoms with Gasteiger partial charge in [0.25, 0.3) is 0 Å². The Hall–Kier alpha value is -1.05. The number of nitrogens with one attached hydrogen (secondary N) is 1. The number of rotatable bonds is 1. The molecule has 1 aliphatic carbocycles. The molecule has 3 rings (SSSR count). The van der Waals surface area contributed by atoms with Crippen molar-refractivity contribution in [2.75, 3.05) is 11.9 Å². The zero-order valence-corrected chi connectivity index (χ0v) is 10.2. The molecule has 0 saturated heterocycles. The van der Waals surface area contributed by atoms with E-state index in [0.29, 0.717) is 5.92 Å². The monoisotopic (exact) mass is 233 g/mol. The lowest BCUT2D eigenvalue weighted by Gasteiger charge is -2.34. The summed E-state index contributed by atoms with van der Waals surface area (Å²) in [5, 5.41) is 3.30. The van der Waals surface area contributed by atoms with Crippen LogP contribution in [0.25, 0.3) is 0 Å². The van der Waals surface area contributed by atoms with Crippen molar-refractivity contribution in [1.29, 1.82) is 0 Å². The smallest absolute Gasteiger partial charge is 0.146 e. The minimum absolute atomic E-state index is 0.0930. The third-order valence-electron chi connectivity index (χ3n) is 4.44. The van der Waals surface area contributed by atoms with Crippen LogP contribution in [-0.4, -0.2) is 6.54 Å². The van der Waals surface area contributed by atoms with Gasteiger partial charge in [0.2, 0.25) is 0 Å². The molecule has 0 spiro atoms. The van der Waals surface area contributed by atoms with E-state index in [-0.39, 0.29) is 5.82 Å². The molecule has 1 nitrogen and oxygen atoms in total. The lowest BCUT2D eigenvalue weighted by molar-refractivity contribution is 0.252. The van der Waals surface area contributed by atoms with Gasteiger partial charge in [0.1, 0.15) is 5.82 Å². The molecule has 1 N–H and O–H groups in total. The summed E-state index contributed by atoms with van der Waals surface area (Å²) >= 11 is 0. The predicted molar refractivity (Wildman–Crippen MR) is 68.7 cm³/mol. The Balaban J connectivity index is 1.76. The van der Waals surface area contributed by atoms with Crippen LogP contribution in [0.1, 0.15) is 37.7 Å². The van der Waals surface area contributed by atoms with E-state index >= 15 is 0 Å². The van der Waals surface area contributed by atoms with Crippen molar-refractivity contribution in [3.8, 4) is 0 Å². The number of hydrogen-bond donors (Lipinski definition) is 1. The molecule has 2 heteroatoms. The molecule has 1 saturated carbocycles. The molecule has 1 heterocycles. The molecule has 1 aliphatic heterocycles. The fourth-order valence-corrected chi connectivity index (χ4v) is 3.46. The summed E-state index contributed by atoms with van der Waals surface area (Å²) in [6, 6.07) is 5.45. The Bertz CT molecular complexity index is 396. The Morgan fingerprint density at radius 3 is 2.71 bits per heavy atom. The van der Waals surface area contributed by atoms with Crippen molar-refractivity contribution in [2.45, 2.75) is 38.5 Å². The fraction of sp³-hybridized carbons (Fsp3) is 0.600. The van der Waals surface area contributed by atoms with Gasteiger partial charge in [-0.2, -0.15) is 0 Å². The van der Waals surface area contributed by atoms with Crippen LogP contribution in [0, 0.1) is 17.7 Å². The summed E-state index contributed by atoms with van der Waals surface area (Å²) in [6.45, 7) is 0.957. The Morgan fingerprint density at radius 2 is 1.88 bits per heavy atom. The summed E-state index contributed by atoms with van der Waals surface area (Å²) in [6.07, 6.45) is 7.98. The van der Waals surface area contributed by atoms with E-state index in [1.54, 1.807) is 6.07 Å². The summed E-state index contributed by atoms with van der Waals surface area (Å²) in [5.41, 5.74) is 1.92. The first-order chi connectivity index (χ1) is 8.34. The van der Waals surface area contributed by atoms with E-state index in [4.69, 9.17) is 0 Å². The number of benzene rings is 1. The zero-order valence-electron chi connectivity index (χ0n) is 10.2. The van der Waals surface area contributed by atoms with Crippen molar-refractivity contribution in [1.82, 2.24) is 0 Å². The Labute approximate surface area is 102 Å². The van der Waals surface area contributed by atoms with E-state index in [1.807, 2.05) is 6.07 Å². The van der Waals surface area contributed by atoms with Crippen LogP contribution in [-0.2, 0) is 6.42 Å². The van der Waals surface area contributed by atoms with Crippen LogP contribution < -0.4 is 5.32 Å². The molecule has 1 atom stereocenters. The van der Waals surface area contributed by atoms with Gasteiger partial charge in [-0.05, 0) is 29.9 Å². The quantitative estimate of drug-likeness (QED) is 0.773. The van der Waals surface area contributed by atoms with Crippen molar-refractivity contribution in [3.05, 3.63) is 29.6 Å². The minimum Gasteiger partial charge on any atom is -0.382 e. The third kappa shape index (κ3) is 2.18. The van der Waals surface area contributed by atoms with Crippen molar-refractivity contribution in [2.24, 2.45) is 11.8 Å². The highest BCUT2D eigenvalue weighted by atomic mass is 19.1. The molecular weight excluding hydrogens is 213 g/mol. The zero-order chi connectivity index (χ0) is 11.7. The number of anilines is 1. The first-order valence-corrected chi connectivity index (χ1v) is 6.86. The van der Waals surface area contributed by atoms with Gasteiger partial charge in [0.15, 0.2) is 0 Å². The second-order valence-corrected chi connectivity index (χ2v) is 5.52. The topological polar surface area (TPSA) is 12.0 Å². The molecule has 1 unspecified atom stereocenters. The molecule has 0 aromatic heterocycles. The summed E-state index contributed by atoms with van der Waals surface area (Å²) in [5.74, 6) is 1.47. The highest BCUT2D eigenvalue weighted by molar-refractivity contribution is 5.54. The van der Waals surface area contributed by atoms with E-state index in [2.05, 4.69) is 11.4 Å². The molecule has 1 aromatic carbocycles. The van der Waals surface area contributed by atoms with Crippen LogP contribution in [0.15, 0.2) is 18.2 Å². The van der Waals surface area contributed by atoms with Gasteiger partial charge in [-0.3, -0.25) is 0 Å². The minimum atomic E-state index is -0.0930. The maximum absolute atomic E-state index is 13.6. The number of para-hydroxylation sites is 1. The molecule has 92 valence electrons. The summed E-state index contributed by atoms with van der Waals surface area (Å²) in [7, 11) is 0. The predicted octanol–water partition coefficient (Wildman–Crippen LogP) is 3.99. The summed E-state index contributed by atoms with van der Waals surface area (Å²) in [4.78, 5) is 0. The van der Waals surface area contributed by atoms with Gasteiger partial charge >= 0.3 is 0 Å². The van der Waals surface area contributed by atoms with E-state index in [1.165, 1.54) is 37.7 Å². The molecule has 0 amide bonds. The first-order valence-electron chi connectivity index (χ1n) is 6.86. The average molecular weight is 233 g/mol. The summed E-state index contributed by atoms with van der Waals surface area (Å²) < 4.78 is 13.6. The van der Waals surface area contributed by atoms with Gasteiger partial charge in [-0.15, -0.1) is 0 Å². The molecule has 0 bridgehead atoms. The molecule has 1 aromatic rings. The fourth-order valence-electron chi connectivity index (χ4n) is 3.46. The van der Waals surface area contributed by atoms with Crippen LogP contribution >= 0.6 is 0 Å². The van der Waals surface area contributed by atoms with Crippen LogP contribution in [0.5, 0.6) is 0 Å². The second kappa shape index (κ2) is 4.67. The van der Waals surface area contributed by atoms with Gasteiger partial charge < -0.3 is 5.32 Å². The van der Waals surface area contributed by atoms with E-state index in [0.717, 1.165) is 24.6 Å². The lowest BCUT2D eigenvalue weighted by atomic mass is 9.76. The van der Waals surface area contributed by atoms with E-state index in [9.17, 15) is 4.39 Å². The van der Waals surface area contributed by atoms with Gasteiger partial charge in [0, 0.05) is 6.54 Å². The molecular formula is C15H20FN. The van der Waals surface area contributed by atoms with Gasteiger partial charge in [0.05, 0.1) is 5.69 Å². The van der Waals surface area contributed by atoms with Gasteiger partial charge in [-0.25, -0.2) is 4.39 Å². The highest BCUT2D eigenvalue weighted by Crippen LogP contribution is 2.36. The van der Waals surface area contributed by atoms with Crippen LogP contribution in [0.4, 0.5) is 10.1 Å². The molecule has 1 fully saturated rings. The maximum atomic E-state index is 13.6. The van der Waals surface area contributed by atoms with Gasteiger partial charge in [-0.1, -0.05) is 44.2 Å². The Morgan fingerprint density at radius 1 is 1.06 bits per heavy atom. The molecule has 17 heavy (non-hydrogen) atoms. The number of halogens is 1. The first kappa shape index (κ1) is 11.1. The maximum Gasteiger partial charge on any atom is 0.146 e. The largest absolute Gasteiger partial charge is 0.382 e. The normalized spacial score (nSPS) is 25.1. The molecule has 0 radical (unpaired) electrons. The SMILES string of the molecule is Fc1cccc2c1NCC(C1CCCCC1)C2. The third-order valence-corrected chi connectivity index (χ3v) is 4.44. The molecule has 2 aliphatic rings. The van der Waals surface area contributed by atoms with Crippen molar-refractivity contribution < 1.29 is 4.39 Å². The van der Waals surface area contributed by atoms with E-state index < -0.39 is 0 Å². The van der Waals surface area contributed by atoms with Crippen LogP contribution in [0.3, 0.4) is 0 Å².